The normalized spacial score (nSPS) is 11.0. The molecule has 1 heterocycles. The maximum atomic E-state index is 10.8. The van der Waals surface area contributed by atoms with Gasteiger partial charge >= 0.3 is 5.97 Å². The summed E-state index contributed by atoms with van der Waals surface area (Å²) in [6, 6.07) is 17.5. The van der Waals surface area contributed by atoms with E-state index in [-0.39, 0.29) is 12.1 Å². The number of hydrogen-bond donors (Lipinski definition) is 3. The smallest absolute Gasteiger partial charge is 0.303 e. The lowest BCUT2D eigenvalue weighted by molar-refractivity contribution is -0.384. The Labute approximate surface area is 196 Å². The number of non-ortho nitro benzene ring substituents is 1. The number of allylic oxidation sites excluding steroid dienone is 1. The third-order valence-corrected chi connectivity index (χ3v) is 4.89. The quantitative estimate of drug-likeness (QED) is 0.165. The Hall–Kier alpha value is -4.11. The predicted molar refractivity (Wildman–Crippen MR) is 132 cm³/mol. The third-order valence-electron chi connectivity index (χ3n) is 4.68. The molecule has 0 aliphatic rings. The molecule has 0 saturated heterocycles. The highest BCUT2D eigenvalue weighted by Crippen LogP contribution is 2.26. The number of aliphatic carboxylic acids is 1. The van der Waals surface area contributed by atoms with Gasteiger partial charge in [0.05, 0.1) is 4.92 Å². The van der Waals surface area contributed by atoms with Gasteiger partial charge in [0, 0.05) is 47.9 Å². The number of nitrogens with zero attached hydrogens (tertiary/aromatic N) is 2. The van der Waals surface area contributed by atoms with Crippen molar-refractivity contribution < 1.29 is 14.8 Å². The minimum absolute atomic E-state index is 0.00482. The van der Waals surface area contributed by atoms with Gasteiger partial charge in [0.2, 0.25) is 0 Å². The Balaban J connectivity index is 1.74. The number of nitrogens with one attached hydrogen (secondary N) is 2. The van der Waals surface area contributed by atoms with E-state index in [0.717, 1.165) is 22.4 Å². The first-order chi connectivity index (χ1) is 15.9. The van der Waals surface area contributed by atoms with Crippen LogP contribution in [0.25, 0.3) is 5.57 Å². The van der Waals surface area contributed by atoms with Crippen molar-refractivity contribution in [2.45, 2.75) is 19.3 Å². The molecule has 2 aromatic carbocycles. The molecule has 0 aliphatic carbocycles. The molecule has 9 heteroatoms. The van der Waals surface area contributed by atoms with E-state index in [1.807, 2.05) is 42.5 Å². The largest absolute Gasteiger partial charge is 0.481 e. The summed E-state index contributed by atoms with van der Waals surface area (Å²) in [4.78, 5) is 25.4. The Bertz CT molecular complexity index is 1160. The van der Waals surface area contributed by atoms with Gasteiger partial charge < -0.3 is 15.7 Å². The summed E-state index contributed by atoms with van der Waals surface area (Å²) >= 11 is 5.38. The average Bonchev–Trinajstić information content (AvgIpc) is 2.80. The highest BCUT2D eigenvalue weighted by Gasteiger charge is 2.08. The minimum Gasteiger partial charge on any atom is -0.481 e. The summed E-state index contributed by atoms with van der Waals surface area (Å²) in [5, 5.41) is 26.2. The van der Waals surface area contributed by atoms with Crippen molar-refractivity contribution in [1.29, 1.82) is 0 Å². The molecular weight excluding hydrogens is 440 g/mol. The van der Waals surface area contributed by atoms with E-state index in [1.54, 1.807) is 24.5 Å². The summed E-state index contributed by atoms with van der Waals surface area (Å²) in [5.74, 6) is -0.813. The van der Waals surface area contributed by atoms with Crippen LogP contribution in [-0.4, -0.2) is 26.1 Å². The number of nitro benzene ring substituents is 1. The summed E-state index contributed by atoms with van der Waals surface area (Å²) in [6.07, 6.45) is 6.76. The molecule has 3 rings (SSSR count). The molecule has 0 atom stereocenters. The van der Waals surface area contributed by atoms with Crippen molar-refractivity contribution in [1.82, 2.24) is 4.98 Å². The van der Waals surface area contributed by atoms with E-state index in [4.69, 9.17) is 17.3 Å². The monoisotopic (exact) mass is 462 g/mol. The molecule has 8 nitrogen and oxygen atoms in total. The lowest BCUT2D eigenvalue weighted by Gasteiger charge is -2.13. The zero-order valence-electron chi connectivity index (χ0n) is 17.6. The van der Waals surface area contributed by atoms with E-state index in [2.05, 4.69) is 15.6 Å². The highest BCUT2D eigenvalue weighted by atomic mass is 32.1. The van der Waals surface area contributed by atoms with Crippen molar-refractivity contribution in [3.63, 3.8) is 0 Å². The molecule has 0 fully saturated rings. The average molecular weight is 463 g/mol. The van der Waals surface area contributed by atoms with Crippen LogP contribution in [0.15, 0.2) is 79.1 Å². The number of carbonyl (C=O) groups is 1. The molecule has 1 aromatic heterocycles. The second-order valence-electron chi connectivity index (χ2n) is 7.11. The van der Waals surface area contributed by atoms with Crippen molar-refractivity contribution in [2.75, 3.05) is 10.6 Å². The Morgan fingerprint density at radius 1 is 1.06 bits per heavy atom. The van der Waals surface area contributed by atoms with Crippen LogP contribution in [0.4, 0.5) is 17.1 Å². The molecular formula is C24H22N4O4S. The zero-order valence-corrected chi connectivity index (χ0v) is 18.4. The second kappa shape index (κ2) is 11.5. The lowest BCUT2D eigenvalue weighted by atomic mass is 9.97. The fourth-order valence-corrected chi connectivity index (χ4v) is 3.38. The molecule has 0 radical (unpaired) electrons. The predicted octanol–water partition coefficient (Wildman–Crippen LogP) is 5.49. The fourth-order valence-electron chi connectivity index (χ4n) is 3.15. The number of thiocarbonyl (C=S) groups is 1. The first-order valence-corrected chi connectivity index (χ1v) is 10.6. The number of pyridine rings is 1. The maximum absolute atomic E-state index is 10.8. The Morgan fingerprint density at radius 2 is 1.79 bits per heavy atom. The van der Waals surface area contributed by atoms with Crippen LogP contribution in [0.2, 0.25) is 0 Å². The van der Waals surface area contributed by atoms with Crippen molar-refractivity contribution in [2.24, 2.45) is 0 Å². The van der Waals surface area contributed by atoms with E-state index < -0.39 is 10.9 Å². The summed E-state index contributed by atoms with van der Waals surface area (Å²) in [7, 11) is 0. The van der Waals surface area contributed by atoms with Crippen LogP contribution < -0.4 is 10.6 Å². The van der Waals surface area contributed by atoms with E-state index in [1.165, 1.54) is 12.1 Å². The van der Waals surface area contributed by atoms with Gasteiger partial charge in [0.1, 0.15) is 0 Å². The van der Waals surface area contributed by atoms with Gasteiger partial charge in [-0.1, -0.05) is 24.3 Å². The van der Waals surface area contributed by atoms with Gasteiger partial charge in [0.25, 0.3) is 5.69 Å². The Morgan fingerprint density at radius 3 is 2.45 bits per heavy atom. The second-order valence-corrected chi connectivity index (χ2v) is 7.52. The standard InChI is InChI=1S/C24H22N4O4S/c29-23(30)9-2-1-8-22(18-6-4-14-25-16-18)17-5-3-7-20(15-17)27-24(33)26-19-10-12-21(13-11-19)28(31)32/h3-8,10-16H,1-2,9H2,(H,29,30)(H2,26,27,33)/b22-8-. The van der Waals surface area contributed by atoms with Gasteiger partial charge in [-0.05, 0) is 66.5 Å². The molecule has 3 aromatic rings. The summed E-state index contributed by atoms with van der Waals surface area (Å²) < 4.78 is 0. The van der Waals surface area contributed by atoms with Gasteiger partial charge in [-0.15, -0.1) is 0 Å². The SMILES string of the molecule is O=C(O)CCC/C=C(\c1cccnc1)c1cccc(NC(=S)Nc2ccc([N+](=O)[O-])cc2)c1. The third kappa shape index (κ3) is 7.22. The number of carboxylic acids is 1. The number of unbranched alkanes of at least 4 members (excludes halogenated alkanes) is 1. The number of aromatic nitrogens is 1. The van der Waals surface area contributed by atoms with E-state index in [9.17, 15) is 14.9 Å². The van der Waals surface area contributed by atoms with Gasteiger partial charge in [-0.25, -0.2) is 0 Å². The summed E-state index contributed by atoms with van der Waals surface area (Å²) in [6.45, 7) is 0. The van der Waals surface area contributed by atoms with Crippen molar-refractivity contribution in [3.05, 3.63) is 100 Å². The molecule has 0 spiro atoms. The lowest BCUT2D eigenvalue weighted by Crippen LogP contribution is -2.19. The number of benzene rings is 2. The Kier molecular flexibility index (Phi) is 8.20. The van der Waals surface area contributed by atoms with Crippen LogP contribution in [0, 0.1) is 10.1 Å². The van der Waals surface area contributed by atoms with Crippen LogP contribution in [0.3, 0.4) is 0 Å². The summed E-state index contributed by atoms with van der Waals surface area (Å²) in [5.41, 5.74) is 4.20. The molecule has 0 aliphatic heterocycles. The molecule has 33 heavy (non-hydrogen) atoms. The zero-order chi connectivity index (χ0) is 23.6. The molecule has 0 bridgehead atoms. The number of nitro groups is 1. The van der Waals surface area contributed by atoms with E-state index >= 15 is 0 Å². The number of carboxylic acid groups (broad SMARTS) is 1. The van der Waals surface area contributed by atoms with E-state index in [0.29, 0.717) is 23.6 Å². The number of hydrogen-bond acceptors (Lipinski definition) is 5. The first-order valence-electron chi connectivity index (χ1n) is 10.2. The molecule has 0 amide bonds. The van der Waals surface area contributed by atoms with Gasteiger partial charge in [-0.3, -0.25) is 19.9 Å². The molecule has 168 valence electrons. The first kappa shape index (κ1) is 23.6. The maximum Gasteiger partial charge on any atom is 0.303 e. The minimum atomic E-state index is -0.813. The van der Waals surface area contributed by atoms with Crippen molar-refractivity contribution >= 4 is 45.9 Å². The molecule has 3 N–H and O–H groups in total. The van der Waals surface area contributed by atoms with Gasteiger partial charge in [0.15, 0.2) is 5.11 Å². The highest BCUT2D eigenvalue weighted by molar-refractivity contribution is 7.80. The topological polar surface area (TPSA) is 117 Å². The fraction of sp³-hybridized carbons (Fsp3) is 0.125. The van der Waals surface area contributed by atoms with Crippen LogP contribution in [-0.2, 0) is 4.79 Å². The number of rotatable bonds is 9. The van der Waals surface area contributed by atoms with Crippen LogP contribution >= 0.6 is 12.2 Å². The molecule has 0 unspecified atom stereocenters. The van der Waals surface area contributed by atoms with Crippen LogP contribution in [0.5, 0.6) is 0 Å². The van der Waals surface area contributed by atoms with Gasteiger partial charge in [-0.2, -0.15) is 0 Å². The number of anilines is 2. The molecule has 0 saturated carbocycles. The van der Waals surface area contributed by atoms with Crippen LogP contribution in [0.1, 0.15) is 30.4 Å². The van der Waals surface area contributed by atoms with Crippen molar-refractivity contribution in [3.8, 4) is 0 Å².